The minimum Gasteiger partial charge on any atom is -0.320 e. The SMILES string of the molecule is Cc1ccc(NC(=O)N2CCC[C@H]2c2nnc(C(=O)Nc3ccc(Cl)cc3)s2)c(C)c1. The highest BCUT2D eigenvalue weighted by atomic mass is 35.5. The molecule has 4 rings (SSSR count). The van der Waals surface area contributed by atoms with Gasteiger partial charge in [0, 0.05) is 22.9 Å². The van der Waals surface area contributed by atoms with Gasteiger partial charge in [-0.1, -0.05) is 40.6 Å². The highest BCUT2D eigenvalue weighted by Gasteiger charge is 2.33. The third-order valence-corrected chi connectivity index (χ3v) is 6.43. The zero-order valence-corrected chi connectivity index (χ0v) is 18.8. The second kappa shape index (κ2) is 9.03. The molecule has 0 radical (unpaired) electrons. The molecule has 0 spiro atoms. The van der Waals surface area contributed by atoms with Crippen LogP contribution in [0.3, 0.4) is 0 Å². The minimum atomic E-state index is -0.338. The number of hydrogen-bond acceptors (Lipinski definition) is 5. The Morgan fingerprint density at radius 1 is 1.10 bits per heavy atom. The van der Waals surface area contributed by atoms with E-state index in [1.807, 2.05) is 32.0 Å². The number of anilines is 2. The van der Waals surface area contributed by atoms with E-state index in [9.17, 15) is 9.59 Å². The van der Waals surface area contributed by atoms with Gasteiger partial charge in [-0.05, 0) is 62.6 Å². The Bertz CT molecular complexity index is 1120. The first-order valence-electron chi connectivity index (χ1n) is 9.96. The Balaban J connectivity index is 1.45. The average molecular weight is 456 g/mol. The van der Waals surface area contributed by atoms with E-state index in [2.05, 4.69) is 20.8 Å². The third-order valence-electron chi connectivity index (χ3n) is 5.16. The van der Waals surface area contributed by atoms with Crippen LogP contribution in [0.2, 0.25) is 5.02 Å². The van der Waals surface area contributed by atoms with E-state index in [0.717, 1.165) is 29.7 Å². The molecule has 1 atom stereocenters. The van der Waals surface area contributed by atoms with Crippen molar-refractivity contribution in [2.75, 3.05) is 17.2 Å². The summed E-state index contributed by atoms with van der Waals surface area (Å²) in [5.41, 5.74) is 3.58. The van der Waals surface area contributed by atoms with Crippen LogP contribution in [0.25, 0.3) is 0 Å². The Morgan fingerprint density at radius 2 is 1.87 bits per heavy atom. The van der Waals surface area contributed by atoms with E-state index in [-0.39, 0.29) is 23.0 Å². The number of halogens is 1. The first-order chi connectivity index (χ1) is 14.9. The van der Waals surface area contributed by atoms with Crippen molar-refractivity contribution in [3.63, 3.8) is 0 Å². The van der Waals surface area contributed by atoms with Gasteiger partial charge in [0.25, 0.3) is 5.91 Å². The predicted molar refractivity (Wildman–Crippen MR) is 123 cm³/mol. The van der Waals surface area contributed by atoms with E-state index in [0.29, 0.717) is 22.3 Å². The summed E-state index contributed by atoms with van der Waals surface area (Å²) < 4.78 is 0. The molecule has 7 nitrogen and oxygen atoms in total. The molecule has 2 heterocycles. The molecule has 31 heavy (non-hydrogen) atoms. The van der Waals surface area contributed by atoms with Gasteiger partial charge in [-0.25, -0.2) is 4.79 Å². The van der Waals surface area contributed by atoms with Crippen LogP contribution in [0.1, 0.15) is 44.8 Å². The lowest BCUT2D eigenvalue weighted by Crippen LogP contribution is -2.34. The summed E-state index contributed by atoms with van der Waals surface area (Å²) in [6.07, 6.45) is 1.66. The maximum absolute atomic E-state index is 12.9. The molecule has 3 amide bonds. The maximum atomic E-state index is 12.9. The van der Waals surface area contributed by atoms with E-state index in [1.165, 1.54) is 11.3 Å². The van der Waals surface area contributed by atoms with E-state index in [1.54, 1.807) is 29.2 Å². The van der Waals surface area contributed by atoms with Gasteiger partial charge in [0.2, 0.25) is 5.01 Å². The van der Waals surface area contributed by atoms with E-state index >= 15 is 0 Å². The van der Waals surface area contributed by atoms with Crippen LogP contribution < -0.4 is 10.6 Å². The molecular formula is C22H22ClN5O2S. The Kier molecular flexibility index (Phi) is 6.20. The van der Waals surface area contributed by atoms with Crippen molar-refractivity contribution in [2.24, 2.45) is 0 Å². The lowest BCUT2D eigenvalue weighted by atomic mass is 10.1. The van der Waals surface area contributed by atoms with Crippen LogP contribution in [-0.2, 0) is 0 Å². The Morgan fingerprint density at radius 3 is 2.61 bits per heavy atom. The quantitative estimate of drug-likeness (QED) is 0.549. The summed E-state index contributed by atoms with van der Waals surface area (Å²) in [4.78, 5) is 27.2. The number of urea groups is 1. The summed E-state index contributed by atoms with van der Waals surface area (Å²) in [7, 11) is 0. The molecule has 0 bridgehead atoms. The van der Waals surface area contributed by atoms with Crippen LogP contribution in [-0.4, -0.2) is 33.6 Å². The minimum absolute atomic E-state index is 0.170. The largest absolute Gasteiger partial charge is 0.322 e. The van der Waals surface area contributed by atoms with Crippen molar-refractivity contribution >= 4 is 46.3 Å². The molecule has 160 valence electrons. The van der Waals surface area contributed by atoms with Gasteiger partial charge in [-0.2, -0.15) is 0 Å². The van der Waals surface area contributed by atoms with Crippen LogP contribution >= 0.6 is 22.9 Å². The topological polar surface area (TPSA) is 87.2 Å². The van der Waals surface area contributed by atoms with Crippen molar-refractivity contribution in [3.05, 3.63) is 68.6 Å². The lowest BCUT2D eigenvalue weighted by molar-refractivity contribution is 0.102. The Hall–Kier alpha value is -2.97. The van der Waals surface area contributed by atoms with Crippen LogP contribution in [0.4, 0.5) is 16.2 Å². The third kappa shape index (κ3) is 4.86. The van der Waals surface area contributed by atoms with E-state index < -0.39 is 0 Å². The number of likely N-dealkylation sites (tertiary alicyclic amines) is 1. The van der Waals surface area contributed by atoms with Crippen LogP contribution in [0.5, 0.6) is 0 Å². The molecule has 1 aliphatic heterocycles. The number of aryl methyl sites for hydroxylation is 2. The zero-order chi connectivity index (χ0) is 22.0. The molecule has 9 heteroatoms. The number of hydrogen-bond donors (Lipinski definition) is 2. The van der Waals surface area contributed by atoms with Gasteiger partial charge >= 0.3 is 6.03 Å². The average Bonchev–Trinajstić information content (AvgIpc) is 3.41. The molecule has 1 aromatic heterocycles. The fourth-order valence-corrected chi connectivity index (χ4v) is 4.60. The summed E-state index contributed by atoms with van der Waals surface area (Å²) in [5, 5.41) is 15.6. The van der Waals surface area contributed by atoms with Gasteiger partial charge in [0.05, 0.1) is 6.04 Å². The number of nitrogens with one attached hydrogen (secondary N) is 2. The van der Waals surface area contributed by atoms with Crippen molar-refractivity contribution in [2.45, 2.75) is 32.7 Å². The van der Waals surface area contributed by atoms with Gasteiger partial charge in [-0.3, -0.25) is 4.79 Å². The molecule has 1 aliphatic rings. The summed E-state index contributed by atoms with van der Waals surface area (Å²) >= 11 is 7.09. The second-order valence-electron chi connectivity index (χ2n) is 7.51. The standard InChI is InChI=1S/C22H22ClN5O2S/c1-13-5-10-17(14(2)12-13)25-22(30)28-11-3-4-18(28)20-26-27-21(31-20)19(29)24-16-8-6-15(23)7-9-16/h5-10,12,18H,3-4,11H2,1-2H3,(H,24,29)(H,25,30)/t18-/m0/s1. The number of nitrogens with zero attached hydrogens (tertiary/aromatic N) is 3. The fraction of sp³-hybridized carbons (Fsp3) is 0.273. The van der Waals surface area contributed by atoms with Gasteiger partial charge in [0.1, 0.15) is 5.01 Å². The van der Waals surface area contributed by atoms with Crippen LogP contribution in [0.15, 0.2) is 42.5 Å². The van der Waals surface area contributed by atoms with E-state index in [4.69, 9.17) is 11.6 Å². The first-order valence-corrected chi connectivity index (χ1v) is 11.2. The monoisotopic (exact) mass is 455 g/mol. The molecule has 0 unspecified atom stereocenters. The van der Waals surface area contributed by atoms with Crippen molar-refractivity contribution in [3.8, 4) is 0 Å². The van der Waals surface area contributed by atoms with Gasteiger partial charge < -0.3 is 15.5 Å². The normalized spacial score (nSPS) is 15.7. The van der Waals surface area contributed by atoms with Crippen molar-refractivity contribution in [1.82, 2.24) is 15.1 Å². The predicted octanol–water partition coefficient (Wildman–Crippen LogP) is 5.43. The second-order valence-corrected chi connectivity index (χ2v) is 8.95. The maximum Gasteiger partial charge on any atom is 0.322 e. The number of rotatable bonds is 4. The number of benzene rings is 2. The number of aromatic nitrogens is 2. The molecule has 2 aromatic carbocycles. The molecular weight excluding hydrogens is 434 g/mol. The molecule has 0 saturated carbocycles. The smallest absolute Gasteiger partial charge is 0.320 e. The molecule has 1 saturated heterocycles. The van der Waals surface area contributed by atoms with Crippen molar-refractivity contribution < 1.29 is 9.59 Å². The number of amides is 3. The highest BCUT2D eigenvalue weighted by molar-refractivity contribution is 7.13. The summed E-state index contributed by atoms with van der Waals surface area (Å²) in [5.74, 6) is -0.338. The fourth-order valence-electron chi connectivity index (χ4n) is 3.59. The summed E-state index contributed by atoms with van der Waals surface area (Å²) in [6.45, 7) is 4.62. The first kappa shape index (κ1) is 21.3. The van der Waals surface area contributed by atoms with Gasteiger partial charge in [-0.15, -0.1) is 10.2 Å². The number of carbonyl (C=O) groups is 2. The number of carbonyl (C=O) groups excluding carboxylic acids is 2. The molecule has 1 fully saturated rings. The summed E-state index contributed by atoms with van der Waals surface area (Å²) in [6, 6.07) is 12.4. The molecule has 0 aliphatic carbocycles. The molecule has 2 N–H and O–H groups in total. The zero-order valence-electron chi connectivity index (χ0n) is 17.2. The van der Waals surface area contributed by atoms with Gasteiger partial charge in [0.15, 0.2) is 0 Å². The Labute approximate surface area is 189 Å². The molecule has 3 aromatic rings. The highest BCUT2D eigenvalue weighted by Crippen LogP contribution is 2.34. The van der Waals surface area contributed by atoms with Crippen LogP contribution in [0, 0.1) is 13.8 Å². The van der Waals surface area contributed by atoms with Crippen molar-refractivity contribution in [1.29, 1.82) is 0 Å². The lowest BCUT2D eigenvalue weighted by Gasteiger charge is -2.23.